The monoisotopic (exact) mass is 249 g/mol. The smallest absolute Gasteiger partial charge is 0.255 e. The van der Waals surface area contributed by atoms with Gasteiger partial charge in [-0.25, -0.2) is 0 Å². The van der Waals surface area contributed by atoms with E-state index in [2.05, 4.69) is 5.32 Å². The number of hydrogen-bond donors (Lipinski definition) is 3. The summed E-state index contributed by atoms with van der Waals surface area (Å²) in [6, 6.07) is 5.76. The van der Waals surface area contributed by atoms with E-state index in [4.69, 9.17) is 0 Å². The number of rotatable bonds is 3. The van der Waals surface area contributed by atoms with Crippen molar-refractivity contribution in [3.8, 4) is 11.5 Å². The fourth-order valence-electron chi connectivity index (χ4n) is 1.38. The minimum atomic E-state index is -0.412. The van der Waals surface area contributed by atoms with Crippen LogP contribution in [0.1, 0.15) is 15.9 Å². The molecule has 0 aliphatic heterocycles. The van der Waals surface area contributed by atoms with Gasteiger partial charge in [0.2, 0.25) is 0 Å². The molecule has 1 heterocycles. The number of carbonyl (C=O) groups excluding carboxylic acids is 1. The largest absolute Gasteiger partial charge is 0.508 e. The Balaban J connectivity index is 2.07. The van der Waals surface area contributed by atoms with Crippen LogP contribution in [0.5, 0.6) is 11.5 Å². The molecule has 0 unspecified atom stereocenters. The third-order valence-electron chi connectivity index (χ3n) is 2.26. The maximum Gasteiger partial charge on any atom is 0.255 e. The molecule has 0 bridgehead atoms. The van der Waals surface area contributed by atoms with Gasteiger partial charge in [0.25, 0.3) is 5.91 Å². The topological polar surface area (TPSA) is 69.6 Å². The van der Waals surface area contributed by atoms with E-state index in [1.54, 1.807) is 11.3 Å². The average molecular weight is 249 g/mol. The summed E-state index contributed by atoms with van der Waals surface area (Å²) >= 11 is 1.55. The number of nitrogens with one attached hydrogen (secondary N) is 1. The molecule has 1 amide bonds. The molecule has 1 aromatic carbocycles. The number of benzene rings is 1. The van der Waals surface area contributed by atoms with Gasteiger partial charge in [-0.2, -0.15) is 11.3 Å². The van der Waals surface area contributed by atoms with Crippen LogP contribution in [0.4, 0.5) is 0 Å². The zero-order valence-corrected chi connectivity index (χ0v) is 9.70. The van der Waals surface area contributed by atoms with Gasteiger partial charge in [-0.05, 0) is 40.6 Å². The molecule has 0 radical (unpaired) electrons. The number of phenols is 2. The lowest BCUT2D eigenvalue weighted by atomic mass is 10.1. The number of hydrogen-bond acceptors (Lipinski definition) is 4. The van der Waals surface area contributed by atoms with Gasteiger partial charge in [0.15, 0.2) is 0 Å². The van der Waals surface area contributed by atoms with Crippen molar-refractivity contribution in [2.75, 3.05) is 0 Å². The van der Waals surface area contributed by atoms with E-state index in [0.717, 1.165) is 5.56 Å². The third kappa shape index (κ3) is 2.76. The maximum absolute atomic E-state index is 11.7. The van der Waals surface area contributed by atoms with E-state index in [0.29, 0.717) is 6.54 Å². The van der Waals surface area contributed by atoms with E-state index in [1.165, 1.54) is 18.2 Å². The molecule has 0 fully saturated rings. The van der Waals surface area contributed by atoms with Crippen LogP contribution in [-0.2, 0) is 6.54 Å². The second-order valence-electron chi connectivity index (χ2n) is 3.52. The van der Waals surface area contributed by atoms with Gasteiger partial charge in [0, 0.05) is 6.54 Å². The minimum absolute atomic E-state index is 0.0523. The molecule has 88 valence electrons. The summed E-state index contributed by atoms with van der Waals surface area (Å²) in [6.45, 7) is 0.400. The molecule has 0 aliphatic rings. The molecule has 0 saturated heterocycles. The summed E-state index contributed by atoms with van der Waals surface area (Å²) in [5.41, 5.74) is 1.07. The van der Waals surface area contributed by atoms with Crippen molar-refractivity contribution < 1.29 is 15.0 Å². The first kappa shape index (κ1) is 11.5. The molecule has 0 spiro atoms. The highest BCUT2D eigenvalue weighted by Gasteiger charge is 2.11. The van der Waals surface area contributed by atoms with Gasteiger partial charge in [0.1, 0.15) is 11.5 Å². The first-order valence-corrected chi connectivity index (χ1v) is 5.92. The lowest BCUT2D eigenvalue weighted by Crippen LogP contribution is -2.22. The van der Waals surface area contributed by atoms with Crippen molar-refractivity contribution in [2.24, 2.45) is 0 Å². The maximum atomic E-state index is 11.7. The lowest BCUT2D eigenvalue weighted by molar-refractivity contribution is 0.0948. The highest BCUT2D eigenvalue weighted by molar-refractivity contribution is 7.07. The van der Waals surface area contributed by atoms with Crippen molar-refractivity contribution >= 4 is 17.2 Å². The van der Waals surface area contributed by atoms with Crippen LogP contribution in [0.3, 0.4) is 0 Å². The zero-order chi connectivity index (χ0) is 12.3. The van der Waals surface area contributed by atoms with Crippen molar-refractivity contribution in [3.63, 3.8) is 0 Å². The summed E-state index contributed by atoms with van der Waals surface area (Å²) in [6.07, 6.45) is 0. The summed E-state index contributed by atoms with van der Waals surface area (Å²) < 4.78 is 0. The van der Waals surface area contributed by atoms with Crippen LogP contribution in [0.2, 0.25) is 0 Å². The van der Waals surface area contributed by atoms with Crippen LogP contribution in [0.15, 0.2) is 35.0 Å². The highest BCUT2D eigenvalue weighted by Crippen LogP contribution is 2.21. The summed E-state index contributed by atoms with van der Waals surface area (Å²) in [4.78, 5) is 11.7. The molecule has 0 aliphatic carbocycles. The molecular weight excluding hydrogens is 238 g/mol. The van der Waals surface area contributed by atoms with E-state index in [1.807, 2.05) is 16.8 Å². The first-order valence-electron chi connectivity index (χ1n) is 4.98. The minimum Gasteiger partial charge on any atom is -0.508 e. The second-order valence-corrected chi connectivity index (χ2v) is 4.30. The standard InChI is InChI=1S/C12H11NO3S/c14-9-1-2-11(15)10(5-9)12(16)13-6-8-3-4-17-7-8/h1-5,7,14-15H,6H2,(H,13,16). The van der Waals surface area contributed by atoms with Gasteiger partial charge in [-0.3, -0.25) is 4.79 Å². The fraction of sp³-hybridized carbons (Fsp3) is 0.0833. The molecule has 0 saturated carbocycles. The molecule has 2 aromatic rings. The molecule has 17 heavy (non-hydrogen) atoms. The Morgan fingerprint density at radius 1 is 1.29 bits per heavy atom. The van der Waals surface area contributed by atoms with E-state index in [-0.39, 0.29) is 17.1 Å². The lowest BCUT2D eigenvalue weighted by Gasteiger charge is -2.06. The Kier molecular flexibility index (Phi) is 3.30. The van der Waals surface area contributed by atoms with Gasteiger partial charge >= 0.3 is 0 Å². The number of aromatic hydroxyl groups is 2. The van der Waals surface area contributed by atoms with E-state index in [9.17, 15) is 15.0 Å². The van der Waals surface area contributed by atoms with Gasteiger partial charge in [0.05, 0.1) is 5.56 Å². The SMILES string of the molecule is O=C(NCc1ccsc1)c1cc(O)ccc1O. The second kappa shape index (κ2) is 4.88. The quantitative estimate of drug-likeness (QED) is 0.729. The summed E-state index contributed by atoms with van der Waals surface area (Å²) in [7, 11) is 0. The first-order chi connectivity index (χ1) is 8.16. The molecule has 1 aromatic heterocycles. The Morgan fingerprint density at radius 3 is 2.82 bits per heavy atom. The van der Waals surface area contributed by atoms with Crippen LogP contribution >= 0.6 is 11.3 Å². The Bertz CT molecular complexity index is 523. The fourth-order valence-corrected chi connectivity index (χ4v) is 2.05. The van der Waals surface area contributed by atoms with Crippen LogP contribution in [0.25, 0.3) is 0 Å². The third-order valence-corrected chi connectivity index (χ3v) is 2.99. The Labute approximate surface area is 102 Å². The van der Waals surface area contributed by atoms with Gasteiger partial charge in [-0.1, -0.05) is 0 Å². The number of thiophene rings is 1. The molecule has 2 rings (SSSR count). The van der Waals surface area contributed by atoms with Crippen molar-refractivity contribution in [2.45, 2.75) is 6.54 Å². The van der Waals surface area contributed by atoms with Crippen LogP contribution < -0.4 is 5.32 Å². The number of carbonyl (C=O) groups is 1. The van der Waals surface area contributed by atoms with Crippen molar-refractivity contribution in [3.05, 3.63) is 46.2 Å². The summed E-state index contributed by atoms with van der Waals surface area (Å²) in [5.74, 6) is -0.612. The molecule has 3 N–H and O–H groups in total. The van der Waals surface area contributed by atoms with Gasteiger partial charge < -0.3 is 15.5 Å². The van der Waals surface area contributed by atoms with Crippen molar-refractivity contribution in [1.82, 2.24) is 5.32 Å². The molecular formula is C12H11NO3S. The van der Waals surface area contributed by atoms with Crippen LogP contribution in [-0.4, -0.2) is 16.1 Å². The molecule has 4 nitrogen and oxygen atoms in total. The highest BCUT2D eigenvalue weighted by atomic mass is 32.1. The molecule has 0 atom stereocenters. The average Bonchev–Trinajstić information content (AvgIpc) is 2.82. The predicted octanol–water partition coefficient (Wildman–Crippen LogP) is 2.09. The van der Waals surface area contributed by atoms with Crippen molar-refractivity contribution in [1.29, 1.82) is 0 Å². The van der Waals surface area contributed by atoms with Crippen LogP contribution in [0, 0.1) is 0 Å². The normalized spacial score (nSPS) is 10.1. The Hall–Kier alpha value is -2.01. The number of phenolic OH excluding ortho intramolecular Hbond substituents is 2. The van der Waals surface area contributed by atoms with E-state index >= 15 is 0 Å². The predicted molar refractivity (Wildman–Crippen MR) is 65.3 cm³/mol. The van der Waals surface area contributed by atoms with E-state index < -0.39 is 5.91 Å². The zero-order valence-electron chi connectivity index (χ0n) is 8.88. The number of amides is 1. The summed E-state index contributed by atoms with van der Waals surface area (Å²) in [5, 5.41) is 25.3. The Morgan fingerprint density at radius 2 is 2.12 bits per heavy atom. The molecule has 5 heteroatoms. The van der Waals surface area contributed by atoms with Gasteiger partial charge in [-0.15, -0.1) is 0 Å².